The van der Waals surface area contributed by atoms with E-state index in [1.54, 1.807) is 6.20 Å². The van der Waals surface area contributed by atoms with E-state index in [1.165, 1.54) is 150 Å². The van der Waals surface area contributed by atoms with Gasteiger partial charge in [-0.1, -0.05) is 181 Å². The lowest BCUT2D eigenvalue weighted by atomic mass is 9.63. The van der Waals surface area contributed by atoms with Crippen LogP contribution in [0.15, 0.2) is 276 Å². The van der Waals surface area contributed by atoms with Gasteiger partial charge < -0.3 is 8.83 Å². The molecule has 0 radical (unpaired) electrons. The summed E-state index contributed by atoms with van der Waals surface area (Å²) in [7, 11) is 6.62. The molecule has 9 aliphatic carbocycles. The molecule has 0 amide bonds. The molecule has 28 rings (SSSR count). The Morgan fingerprint density at radius 2 is 0.637 bits per heavy atom. The molecule has 10 nitrogen and oxygen atoms in total. The van der Waals surface area contributed by atoms with Crippen LogP contribution in [0.4, 0.5) is 0 Å². The van der Waals surface area contributed by atoms with Crippen LogP contribution in [0.3, 0.4) is 0 Å². The van der Waals surface area contributed by atoms with Crippen LogP contribution in [-0.4, -0.2) is 24.9 Å². The molecule has 6 bridgehead atoms. The van der Waals surface area contributed by atoms with E-state index in [4.69, 9.17) is 23.8 Å². The number of furan rings is 2. The van der Waals surface area contributed by atoms with Gasteiger partial charge in [0.1, 0.15) is 38.2 Å². The first-order valence-corrected chi connectivity index (χ1v) is 39.5. The van der Waals surface area contributed by atoms with Crippen molar-refractivity contribution in [2.45, 2.75) is 77.0 Å². The zero-order valence-corrected chi connectivity index (χ0v) is 64.3. The molecule has 6 atom stereocenters. The summed E-state index contributed by atoms with van der Waals surface area (Å²) in [6.07, 6.45) is 7.98. The predicted molar refractivity (Wildman–Crippen MR) is 448 cm³/mol. The fourth-order valence-electron chi connectivity index (χ4n) is 21.0. The van der Waals surface area contributed by atoms with E-state index in [0.717, 1.165) is 83.4 Å². The molecule has 0 spiro atoms. The molecule has 538 valence electrons. The van der Waals surface area contributed by atoms with Crippen LogP contribution in [0, 0.1) is 41.5 Å². The first-order valence-electron chi connectivity index (χ1n) is 39.5. The molecule has 9 aliphatic rings. The van der Waals surface area contributed by atoms with Crippen LogP contribution < -0.4 is 13.7 Å². The average molecular weight is 1460 g/mol. The Kier molecular flexibility index (Phi) is 14.1. The Labute approximate surface area is 653 Å². The molecule has 0 saturated carbocycles. The normalized spacial score (nSPS) is 17.1. The summed E-state index contributed by atoms with van der Waals surface area (Å²) in [5.74, 6) is 0.846. The SMILES string of the molecule is Cc1cc(C)c(C)c(-c2cnc3c([n+]2C)C2c4ccccc4C3c3cc4ccccc4cc32)c1.Cc1ccc2c(n1)oc1c(-c3cnc4c([n+]3C)C3c5ccccc5C4c4cc5ccccc5cc43)c(C)ccc12.Cc1ccc2c(oc3ncccc32)c1-c1cnc2c([n+]1C)C1c3ccccc3C2c2cc3ccccc3cc21. The summed E-state index contributed by atoms with van der Waals surface area (Å²) in [4.78, 5) is 24.9. The van der Waals surface area contributed by atoms with Gasteiger partial charge in [-0.25, -0.2) is 24.9 Å². The van der Waals surface area contributed by atoms with Gasteiger partial charge in [0.15, 0.2) is 11.2 Å². The van der Waals surface area contributed by atoms with Crippen molar-refractivity contribution in [1.82, 2.24) is 24.9 Å². The monoisotopic (exact) mass is 1460 g/mol. The van der Waals surface area contributed by atoms with Crippen molar-refractivity contribution in [2.75, 3.05) is 0 Å². The minimum atomic E-state index is 0.117. The van der Waals surface area contributed by atoms with E-state index in [1.807, 2.05) is 25.3 Å². The Morgan fingerprint density at radius 1 is 0.292 bits per heavy atom. The summed E-state index contributed by atoms with van der Waals surface area (Å²) in [6.45, 7) is 12.9. The third kappa shape index (κ3) is 9.35. The predicted octanol–water partition coefficient (Wildman–Crippen LogP) is 21.6. The number of aromatic nitrogens is 8. The maximum absolute atomic E-state index is 6.47. The van der Waals surface area contributed by atoms with Gasteiger partial charge in [-0.05, 0) is 230 Å². The molecule has 0 fully saturated rings. The standard InChI is InChI=1S/C36H26N3O.C35H24N3O.C32H27N2/c1-19-12-14-25-26-15-13-20(2)38-36(26)40-35(25)30(19)29-18-37-33-31-23-10-6-7-11-24(23)32(34(33)39(29)3)28-17-22-9-5-4-8-21(22)16-27(28)31;1-19-13-14-24-25-12-7-15-36-35(25)39-34(24)29(19)28-18-37-32-30-22-10-5-6-11-23(22)31(33(32)38(28)2)27-17-21-9-4-3-8-20(21)16-26(27)30;1-18-13-19(2)20(3)25(14-18)28-17-33-31-29-23-11-7-8-12-24(23)30(32(31)34(28)4)27-16-22-10-6-5-9-21(22)15-26(27)29/h4-18,31-32H,1-3H3;3-18,30-31H,1-2H3;5-17,29-30H,1-4H3/q3*+1. The van der Waals surface area contributed by atoms with Crippen molar-refractivity contribution in [3.8, 4) is 33.8 Å². The van der Waals surface area contributed by atoms with Crippen molar-refractivity contribution in [2.24, 2.45) is 21.1 Å². The van der Waals surface area contributed by atoms with E-state index in [2.05, 4.69) is 322 Å². The van der Waals surface area contributed by atoms with Gasteiger partial charge in [-0.3, -0.25) is 0 Å². The average Bonchev–Trinajstić information content (AvgIpc) is 0.868. The minimum Gasteiger partial charge on any atom is -0.437 e. The van der Waals surface area contributed by atoms with Crippen molar-refractivity contribution in [1.29, 1.82) is 0 Å². The molecule has 0 aliphatic heterocycles. The lowest BCUT2D eigenvalue weighted by molar-refractivity contribution is -0.670. The van der Waals surface area contributed by atoms with Gasteiger partial charge in [-0.15, -0.1) is 0 Å². The number of nitrogens with zero attached hydrogens (tertiary/aromatic N) is 8. The van der Waals surface area contributed by atoms with Crippen molar-refractivity contribution in [3.05, 3.63) is 402 Å². The second kappa shape index (κ2) is 24.3. The van der Waals surface area contributed by atoms with Gasteiger partial charge in [0.05, 0.1) is 70.8 Å². The molecule has 19 aromatic rings. The Balaban J connectivity index is 0.000000101. The minimum absolute atomic E-state index is 0.117. The lowest BCUT2D eigenvalue weighted by Crippen LogP contribution is -2.45. The molecule has 10 heteroatoms. The highest BCUT2D eigenvalue weighted by molar-refractivity contribution is 6.10. The van der Waals surface area contributed by atoms with E-state index in [-0.39, 0.29) is 35.5 Å². The van der Waals surface area contributed by atoms with Crippen LogP contribution in [0.5, 0.6) is 0 Å². The van der Waals surface area contributed by atoms with Gasteiger partial charge >= 0.3 is 0 Å². The van der Waals surface area contributed by atoms with E-state index < -0.39 is 0 Å². The third-order valence-electron chi connectivity index (χ3n) is 26.2. The molecule has 7 heterocycles. The highest BCUT2D eigenvalue weighted by Crippen LogP contribution is 2.59. The molecule has 0 N–H and O–H groups in total. The van der Waals surface area contributed by atoms with Gasteiger partial charge in [0.25, 0.3) is 0 Å². The second-order valence-electron chi connectivity index (χ2n) is 32.3. The fourth-order valence-corrected chi connectivity index (χ4v) is 21.0. The van der Waals surface area contributed by atoms with E-state index in [0.29, 0.717) is 11.4 Å². The zero-order chi connectivity index (χ0) is 75.7. The van der Waals surface area contributed by atoms with Crippen molar-refractivity contribution >= 4 is 76.5 Å². The quantitative estimate of drug-likeness (QED) is 0.162. The van der Waals surface area contributed by atoms with Gasteiger partial charge in [-0.2, -0.15) is 13.7 Å². The van der Waals surface area contributed by atoms with Gasteiger partial charge in [0.2, 0.25) is 45.6 Å². The van der Waals surface area contributed by atoms with Crippen LogP contribution in [0.2, 0.25) is 0 Å². The lowest BCUT2D eigenvalue weighted by Gasteiger charge is -2.39. The smallest absolute Gasteiger partial charge is 0.235 e. The molecule has 6 unspecified atom stereocenters. The number of benzene rings is 12. The van der Waals surface area contributed by atoms with E-state index in [9.17, 15) is 0 Å². The first-order chi connectivity index (χ1) is 55.3. The Bertz CT molecular complexity index is 7450. The summed E-state index contributed by atoms with van der Waals surface area (Å²) in [6, 6.07) is 88.8. The van der Waals surface area contributed by atoms with Crippen LogP contribution in [0.25, 0.3) is 110 Å². The summed E-state index contributed by atoms with van der Waals surface area (Å²) < 4.78 is 20.0. The summed E-state index contributed by atoms with van der Waals surface area (Å²) in [5, 5.41) is 12.0. The topological polar surface area (TPSA) is 102 Å². The Morgan fingerprint density at radius 3 is 1.05 bits per heavy atom. The third-order valence-corrected chi connectivity index (χ3v) is 26.2. The van der Waals surface area contributed by atoms with Crippen LogP contribution >= 0.6 is 0 Å². The zero-order valence-electron chi connectivity index (χ0n) is 64.3. The molecule has 113 heavy (non-hydrogen) atoms. The van der Waals surface area contributed by atoms with Gasteiger partial charge in [0, 0.05) is 33.4 Å². The largest absolute Gasteiger partial charge is 0.437 e. The molecular formula is C103H77N8O2+3. The highest BCUT2D eigenvalue weighted by Gasteiger charge is 2.52. The van der Waals surface area contributed by atoms with E-state index >= 15 is 0 Å². The van der Waals surface area contributed by atoms with Crippen molar-refractivity contribution < 1.29 is 22.5 Å². The number of pyridine rings is 2. The number of hydrogen-bond acceptors (Lipinski definition) is 7. The number of hydrogen-bond donors (Lipinski definition) is 0. The molecular weight excluding hydrogens is 1380 g/mol. The number of rotatable bonds is 3. The molecule has 7 aromatic heterocycles. The van der Waals surface area contributed by atoms with Crippen LogP contribution in [0.1, 0.15) is 170 Å². The Hall–Kier alpha value is -13.4. The maximum Gasteiger partial charge on any atom is 0.235 e. The number of fused-ring (bicyclic) bond motifs is 9. The molecule has 12 aromatic carbocycles. The maximum atomic E-state index is 6.47. The molecule has 0 saturated heterocycles. The van der Waals surface area contributed by atoms with Crippen LogP contribution in [-0.2, 0) is 21.1 Å². The van der Waals surface area contributed by atoms with Crippen molar-refractivity contribution in [3.63, 3.8) is 0 Å². The first kappa shape index (κ1) is 65.4. The summed E-state index contributed by atoms with van der Waals surface area (Å²) in [5.41, 5.74) is 41.2. The number of aryl methyl sites for hydroxylation is 5. The fraction of sp³-hybridized carbons (Fsp3) is 0.146. The second-order valence-corrected chi connectivity index (χ2v) is 32.3. The highest BCUT2D eigenvalue weighted by atomic mass is 16.3. The summed E-state index contributed by atoms with van der Waals surface area (Å²) >= 11 is 0.